The van der Waals surface area contributed by atoms with Crippen LogP contribution in [0.2, 0.25) is 0 Å². The van der Waals surface area contributed by atoms with E-state index < -0.39 is 6.10 Å². The molecule has 0 spiro atoms. The van der Waals surface area contributed by atoms with Crippen LogP contribution < -0.4 is 4.74 Å². The van der Waals surface area contributed by atoms with Gasteiger partial charge in [-0.15, -0.1) is 0 Å². The van der Waals surface area contributed by atoms with E-state index in [2.05, 4.69) is 19.9 Å². The van der Waals surface area contributed by atoms with Crippen molar-refractivity contribution in [3.8, 4) is 5.75 Å². The van der Waals surface area contributed by atoms with Gasteiger partial charge in [0.2, 0.25) is 0 Å². The third kappa shape index (κ3) is 8.77. The second kappa shape index (κ2) is 13.7. The predicted octanol–water partition coefficient (Wildman–Crippen LogP) is 5.28. The molecule has 1 unspecified atom stereocenters. The lowest BCUT2D eigenvalue weighted by Gasteiger charge is -2.26. The minimum atomic E-state index is -0.570. The molecule has 5 heteroatoms. The van der Waals surface area contributed by atoms with Gasteiger partial charge < -0.3 is 24.1 Å². The molecule has 0 radical (unpaired) electrons. The number of aliphatic hydroxyl groups is 1. The fraction of sp³-hybridized carbons (Fsp3) is 0.615. The summed E-state index contributed by atoms with van der Waals surface area (Å²) in [6.07, 6.45) is 8.42. The van der Waals surface area contributed by atoms with Crippen LogP contribution in [0.1, 0.15) is 52.5 Å². The van der Waals surface area contributed by atoms with Gasteiger partial charge >= 0.3 is 0 Å². The molecule has 2 rings (SSSR count). The molecule has 0 aliphatic carbocycles. The Morgan fingerprint density at radius 3 is 2.55 bits per heavy atom. The van der Waals surface area contributed by atoms with Crippen LogP contribution in [0.5, 0.6) is 5.75 Å². The van der Waals surface area contributed by atoms with E-state index in [4.69, 9.17) is 18.9 Å². The molecule has 1 aromatic carbocycles. The molecule has 1 saturated heterocycles. The summed E-state index contributed by atoms with van der Waals surface area (Å²) in [7, 11) is 1.66. The Morgan fingerprint density at radius 1 is 1.19 bits per heavy atom. The van der Waals surface area contributed by atoms with Crippen LogP contribution in [0.3, 0.4) is 0 Å². The number of aliphatic hydroxyl groups excluding tert-OH is 1. The Kier molecular flexibility index (Phi) is 11.3. The number of ether oxygens (including phenoxy) is 4. The van der Waals surface area contributed by atoms with Crippen molar-refractivity contribution in [3.63, 3.8) is 0 Å². The number of methoxy groups -OCH3 is 1. The first-order valence-corrected chi connectivity index (χ1v) is 11.4. The molecule has 1 aromatic rings. The van der Waals surface area contributed by atoms with Crippen molar-refractivity contribution in [2.75, 3.05) is 20.3 Å². The highest BCUT2D eigenvalue weighted by molar-refractivity contribution is 5.26. The monoisotopic (exact) mass is 432 g/mol. The van der Waals surface area contributed by atoms with Gasteiger partial charge in [0.15, 0.2) is 6.29 Å². The Bertz CT molecular complexity index is 676. The maximum Gasteiger partial charge on any atom is 0.157 e. The second-order valence-corrected chi connectivity index (χ2v) is 8.45. The summed E-state index contributed by atoms with van der Waals surface area (Å²) in [4.78, 5) is 0. The minimum absolute atomic E-state index is 0.00421. The van der Waals surface area contributed by atoms with Gasteiger partial charge in [-0.05, 0) is 56.4 Å². The molecule has 31 heavy (non-hydrogen) atoms. The molecule has 5 nitrogen and oxygen atoms in total. The van der Waals surface area contributed by atoms with Crippen molar-refractivity contribution in [2.45, 2.75) is 72.1 Å². The van der Waals surface area contributed by atoms with Gasteiger partial charge in [-0.2, -0.15) is 0 Å². The van der Waals surface area contributed by atoms with Crippen molar-refractivity contribution in [3.05, 3.63) is 53.6 Å². The fourth-order valence-corrected chi connectivity index (χ4v) is 3.55. The number of hydrogen-bond acceptors (Lipinski definition) is 5. The average molecular weight is 433 g/mol. The van der Waals surface area contributed by atoms with E-state index in [0.29, 0.717) is 13.2 Å². The summed E-state index contributed by atoms with van der Waals surface area (Å²) < 4.78 is 22.9. The zero-order valence-corrected chi connectivity index (χ0v) is 19.8. The molecule has 174 valence electrons. The van der Waals surface area contributed by atoms with Crippen molar-refractivity contribution >= 4 is 0 Å². The molecule has 0 amide bonds. The topological polar surface area (TPSA) is 57.2 Å². The largest absolute Gasteiger partial charge is 0.497 e. The first kappa shape index (κ1) is 25.6. The van der Waals surface area contributed by atoms with Crippen LogP contribution in [-0.4, -0.2) is 43.9 Å². The molecular formula is C26H40O5. The average Bonchev–Trinajstić information content (AvgIpc) is 2.81. The van der Waals surface area contributed by atoms with Gasteiger partial charge in [0.05, 0.1) is 32.5 Å². The molecular weight excluding hydrogens is 392 g/mol. The summed E-state index contributed by atoms with van der Waals surface area (Å²) in [5.41, 5.74) is 2.27. The molecule has 0 bridgehead atoms. The second-order valence-electron chi connectivity index (χ2n) is 8.45. The molecule has 1 fully saturated rings. The summed E-state index contributed by atoms with van der Waals surface area (Å²) >= 11 is 0. The van der Waals surface area contributed by atoms with E-state index in [1.807, 2.05) is 50.3 Å². The number of rotatable bonds is 12. The predicted molar refractivity (Wildman–Crippen MR) is 124 cm³/mol. The maximum atomic E-state index is 10.6. The van der Waals surface area contributed by atoms with Gasteiger partial charge in [-0.25, -0.2) is 0 Å². The molecule has 0 aromatic heterocycles. The summed E-state index contributed by atoms with van der Waals surface area (Å²) in [5, 5.41) is 10.6. The van der Waals surface area contributed by atoms with E-state index in [1.54, 1.807) is 7.11 Å². The Hall–Kier alpha value is -1.66. The zero-order chi connectivity index (χ0) is 22.6. The summed E-state index contributed by atoms with van der Waals surface area (Å²) in [6, 6.07) is 7.92. The minimum Gasteiger partial charge on any atom is -0.497 e. The van der Waals surface area contributed by atoms with Crippen LogP contribution in [0.25, 0.3) is 0 Å². The Labute approximate surface area is 188 Å². The highest BCUT2D eigenvalue weighted by Crippen LogP contribution is 2.22. The van der Waals surface area contributed by atoms with Crippen LogP contribution >= 0.6 is 0 Å². The Balaban J connectivity index is 1.87. The van der Waals surface area contributed by atoms with Crippen LogP contribution in [0, 0.1) is 11.8 Å². The summed E-state index contributed by atoms with van der Waals surface area (Å²) in [6.45, 7) is 9.99. The van der Waals surface area contributed by atoms with E-state index in [1.165, 1.54) is 5.57 Å². The van der Waals surface area contributed by atoms with E-state index in [-0.39, 0.29) is 24.2 Å². The van der Waals surface area contributed by atoms with Gasteiger partial charge in [0.1, 0.15) is 5.75 Å². The van der Waals surface area contributed by atoms with E-state index >= 15 is 0 Å². The van der Waals surface area contributed by atoms with Crippen LogP contribution in [0.15, 0.2) is 48.1 Å². The lowest BCUT2D eigenvalue weighted by atomic mass is 9.95. The van der Waals surface area contributed by atoms with Crippen molar-refractivity contribution < 1.29 is 24.1 Å². The molecule has 1 aliphatic heterocycles. The van der Waals surface area contributed by atoms with Gasteiger partial charge in [-0.1, -0.05) is 44.2 Å². The molecule has 0 saturated carbocycles. The smallest absolute Gasteiger partial charge is 0.157 e. The molecule has 1 aliphatic rings. The first-order chi connectivity index (χ1) is 14.9. The maximum absolute atomic E-state index is 10.6. The zero-order valence-electron chi connectivity index (χ0n) is 19.8. The van der Waals surface area contributed by atoms with Gasteiger partial charge in [0, 0.05) is 18.4 Å². The molecule has 1 N–H and O–H groups in total. The number of allylic oxidation sites excluding steroid dienone is 1. The molecule has 5 atom stereocenters. The van der Waals surface area contributed by atoms with Crippen molar-refractivity contribution in [2.24, 2.45) is 11.8 Å². The summed E-state index contributed by atoms with van der Waals surface area (Å²) in [5.74, 6) is 0.956. The Morgan fingerprint density at radius 2 is 1.94 bits per heavy atom. The number of hydrogen-bond donors (Lipinski definition) is 1. The van der Waals surface area contributed by atoms with E-state index in [9.17, 15) is 5.11 Å². The number of benzene rings is 1. The highest BCUT2D eigenvalue weighted by atomic mass is 16.7. The lowest BCUT2D eigenvalue weighted by Crippen LogP contribution is -2.28. The third-order valence-electron chi connectivity index (χ3n) is 5.85. The normalized spacial score (nSPS) is 21.6. The van der Waals surface area contributed by atoms with Crippen molar-refractivity contribution in [1.82, 2.24) is 0 Å². The van der Waals surface area contributed by atoms with Gasteiger partial charge in [0.25, 0.3) is 0 Å². The van der Waals surface area contributed by atoms with Crippen molar-refractivity contribution in [1.29, 1.82) is 0 Å². The quantitative estimate of drug-likeness (QED) is 0.456. The standard InChI is InChI=1S/C26H40O5/c1-6-19(2)26(31-18-22-11-13-23(28-5)14-12-22)20(3)10-15-24(27)21(4)17-30-25-9-7-8-16-29-25/h6,10-15,20-21,24-27H,7-9,16-18H2,1-5H3/b15-10+,19-6+/t20-,21-,24+,25?,26+/m0/s1. The first-order valence-electron chi connectivity index (χ1n) is 11.4. The third-order valence-corrected chi connectivity index (χ3v) is 5.85. The fourth-order valence-electron chi connectivity index (χ4n) is 3.55. The molecule has 1 heterocycles. The van der Waals surface area contributed by atoms with Crippen LogP contribution in [0.4, 0.5) is 0 Å². The van der Waals surface area contributed by atoms with Crippen LogP contribution in [-0.2, 0) is 20.8 Å². The SMILES string of the molecule is C/C=C(\C)[C@@H](OCc1ccc(OC)cc1)[C@@H](C)/C=C/[C@@H](O)[C@@H](C)COC1CCCCO1. The lowest BCUT2D eigenvalue weighted by molar-refractivity contribution is -0.171. The van der Waals surface area contributed by atoms with E-state index in [0.717, 1.165) is 37.2 Å². The highest BCUT2D eigenvalue weighted by Gasteiger charge is 2.20. The van der Waals surface area contributed by atoms with Gasteiger partial charge in [-0.3, -0.25) is 0 Å².